The molecule has 1 rings (SSSR count). The first-order valence-electron chi connectivity index (χ1n) is 6.80. The summed E-state index contributed by atoms with van der Waals surface area (Å²) in [7, 11) is 0. The predicted molar refractivity (Wildman–Crippen MR) is 76.7 cm³/mol. The third-order valence-electron chi connectivity index (χ3n) is 3.56. The van der Waals surface area contributed by atoms with Crippen LogP contribution in [0.2, 0.25) is 0 Å². The van der Waals surface area contributed by atoms with E-state index in [1.807, 2.05) is 25.1 Å². The van der Waals surface area contributed by atoms with Gasteiger partial charge in [0.2, 0.25) is 0 Å². The molecule has 2 N–H and O–H groups in total. The molecule has 1 unspecified atom stereocenters. The molecule has 3 heteroatoms. The minimum atomic E-state index is -0.353. The number of benzene rings is 1. The second-order valence-electron chi connectivity index (χ2n) is 4.81. The Hall–Kier alpha value is -0.900. The summed E-state index contributed by atoms with van der Waals surface area (Å²) in [5.74, 6) is 0. The maximum absolute atomic E-state index is 9.64. The van der Waals surface area contributed by atoms with E-state index >= 15 is 0 Å². The molecule has 0 amide bonds. The first-order chi connectivity index (χ1) is 8.66. The van der Waals surface area contributed by atoms with E-state index < -0.39 is 0 Å². The standard InChI is InChI=1S/C15H26N2O/c1-4-17(5-2)12-11-16-15(3,13-18)14-9-7-6-8-10-14/h6-10,16,18H,4-5,11-13H2,1-3H3. The topological polar surface area (TPSA) is 35.5 Å². The van der Waals surface area contributed by atoms with Crippen LogP contribution in [0.25, 0.3) is 0 Å². The summed E-state index contributed by atoms with van der Waals surface area (Å²) >= 11 is 0. The van der Waals surface area contributed by atoms with E-state index in [0.29, 0.717) is 0 Å². The Morgan fingerprint density at radius 1 is 1.17 bits per heavy atom. The molecule has 0 saturated carbocycles. The van der Waals surface area contributed by atoms with Gasteiger partial charge in [-0.25, -0.2) is 0 Å². The summed E-state index contributed by atoms with van der Waals surface area (Å²) in [6.45, 7) is 10.5. The van der Waals surface area contributed by atoms with Gasteiger partial charge < -0.3 is 15.3 Å². The Bertz CT molecular complexity index is 325. The average molecular weight is 250 g/mol. The quantitative estimate of drug-likeness (QED) is 0.739. The van der Waals surface area contributed by atoms with Crippen molar-refractivity contribution in [3.63, 3.8) is 0 Å². The molecular weight excluding hydrogens is 224 g/mol. The maximum atomic E-state index is 9.64. The lowest BCUT2D eigenvalue weighted by molar-refractivity contribution is 0.168. The number of nitrogens with zero attached hydrogens (tertiary/aromatic N) is 1. The molecule has 1 aromatic carbocycles. The van der Waals surface area contributed by atoms with Crippen LogP contribution in [0.4, 0.5) is 0 Å². The molecule has 0 aliphatic rings. The Balaban J connectivity index is 2.56. The summed E-state index contributed by atoms with van der Waals surface area (Å²) < 4.78 is 0. The Morgan fingerprint density at radius 3 is 2.28 bits per heavy atom. The van der Waals surface area contributed by atoms with Crippen molar-refractivity contribution in [3.8, 4) is 0 Å². The summed E-state index contributed by atoms with van der Waals surface area (Å²) in [6, 6.07) is 10.1. The van der Waals surface area contributed by atoms with Crippen molar-refractivity contribution in [2.75, 3.05) is 32.8 Å². The van der Waals surface area contributed by atoms with Gasteiger partial charge in [-0.15, -0.1) is 0 Å². The van der Waals surface area contributed by atoms with Gasteiger partial charge in [-0.3, -0.25) is 0 Å². The molecule has 1 atom stereocenters. The van der Waals surface area contributed by atoms with Crippen LogP contribution in [0, 0.1) is 0 Å². The number of likely N-dealkylation sites (N-methyl/N-ethyl adjacent to an activating group) is 1. The van der Waals surface area contributed by atoms with E-state index in [0.717, 1.165) is 31.7 Å². The Kier molecular flexibility index (Phi) is 6.33. The molecule has 3 nitrogen and oxygen atoms in total. The van der Waals surface area contributed by atoms with Crippen molar-refractivity contribution in [2.45, 2.75) is 26.3 Å². The van der Waals surface area contributed by atoms with Crippen molar-refractivity contribution in [1.82, 2.24) is 10.2 Å². The highest BCUT2D eigenvalue weighted by Gasteiger charge is 2.24. The van der Waals surface area contributed by atoms with Crippen LogP contribution in [0.5, 0.6) is 0 Å². The molecule has 18 heavy (non-hydrogen) atoms. The van der Waals surface area contributed by atoms with E-state index in [1.54, 1.807) is 0 Å². The highest BCUT2D eigenvalue weighted by Crippen LogP contribution is 2.19. The lowest BCUT2D eigenvalue weighted by Gasteiger charge is -2.31. The average Bonchev–Trinajstić information content (AvgIpc) is 2.44. The summed E-state index contributed by atoms with van der Waals surface area (Å²) in [5, 5.41) is 13.1. The van der Waals surface area contributed by atoms with Crippen LogP contribution in [0.3, 0.4) is 0 Å². The molecule has 0 aliphatic carbocycles. The second kappa shape index (κ2) is 7.52. The molecule has 0 heterocycles. The molecule has 0 saturated heterocycles. The molecule has 0 radical (unpaired) electrons. The van der Waals surface area contributed by atoms with Crippen molar-refractivity contribution in [1.29, 1.82) is 0 Å². The largest absolute Gasteiger partial charge is 0.394 e. The Morgan fingerprint density at radius 2 is 1.78 bits per heavy atom. The Labute approximate surface area is 111 Å². The van der Waals surface area contributed by atoms with Gasteiger partial charge in [0.1, 0.15) is 0 Å². The zero-order valence-electron chi connectivity index (χ0n) is 11.8. The molecule has 0 spiro atoms. The molecule has 102 valence electrons. The minimum Gasteiger partial charge on any atom is -0.394 e. The van der Waals surface area contributed by atoms with Crippen molar-refractivity contribution in [3.05, 3.63) is 35.9 Å². The molecule has 0 fully saturated rings. The van der Waals surface area contributed by atoms with Crippen LogP contribution in [-0.4, -0.2) is 42.8 Å². The number of nitrogens with one attached hydrogen (secondary N) is 1. The lowest BCUT2D eigenvalue weighted by atomic mass is 9.93. The van der Waals surface area contributed by atoms with Gasteiger partial charge in [0.05, 0.1) is 12.1 Å². The third kappa shape index (κ3) is 4.09. The number of rotatable bonds is 8. The second-order valence-corrected chi connectivity index (χ2v) is 4.81. The highest BCUT2D eigenvalue weighted by molar-refractivity contribution is 5.23. The van der Waals surface area contributed by atoms with Crippen LogP contribution >= 0.6 is 0 Å². The molecule has 0 aliphatic heterocycles. The van der Waals surface area contributed by atoms with E-state index in [4.69, 9.17) is 0 Å². The normalized spacial score (nSPS) is 14.7. The maximum Gasteiger partial charge on any atom is 0.0652 e. The fourth-order valence-corrected chi connectivity index (χ4v) is 2.08. The fourth-order valence-electron chi connectivity index (χ4n) is 2.08. The smallest absolute Gasteiger partial charge is 0.0652 e. The van der Waals surface area contributed by atoms with Crippen molar-refractivity contribution >= 4 is 0 Å². The van der Waals surface area contributed by atoms with E-state index in [9.17, 15) is 5.11 Å². The van der Waals surface area contributed by atoms with Gasteiger partial charge in [-0.2, -0.15) is 0 Å². The zero-order chi connectivity index (χ0) is 13.4. The van der Waals surface area contributed by atoms with Crippen molar-refractivity contribution in [2.24, 2.45) is 0 Å². The van der Waals surface area contributed by atoms with Crippen LogP contribution in [0.1, 0.15) is 26.3 Å². The van der Waals surface area contributed by atoms with Gasteiger partial charge in [0.15, 0.2) is 0 Å². The van der Waals surface area contributed by atoms with Crippen LogP contribution in [0.15, 0.2) is 30.3 Å². The molecule has 0 bridgehead atoms. The third-order valence-corrected chi connectivity index (χ3v) is 3.56. The van der Waals surface area contributed by atoms with Crippen LogP contribution in [-0.2, 0) is 5.54 Å². The van der Waals surface area contributed by atoms with Crippen molar-refractivity contribution < 1.29 is 5.11 Å². The number of hydrogen-bond acceptors (Lipinski definition) is 3. The first kappa shape index (κ1) is 15.2. The van der Waals surface area contributed by atoms with E-state index in [1.165, 1.54) is 0 Å². The van der Waals surface area contributed by atoms with Gasteiger partial charge in [0, 0.05) is 13.1 Å². The highest BCUT2D eigenvalue weighted by atomic mass is 16.3. The SMILES string of the molecule is CCN(CC)CCNC(C)(CO)c1ccccc1. The van der Waals surface area contributed by atoms with Crippen LogP contribution < -0.4 is 5.32 Å². The number of hydrogen-bond donors (Lipinski definition) is 2. The zero-order valence-corrected chi connectivity index (χ0v) is 11.8. The van der Waals surface area contributed by atoms with Gasteiger partial charge >= 0.3 is 0 Å². The molecular formula is C15H26N2O. The summed E-state index contributed by atoms with van der Waals surface area (Å²) in [4.78, 5) is 2.37. The van der Waals surface area contributed by atoms with Gasteiger partial charge in [-0.05, 0) is 25.6 Å². The summed E-state index contributed by atoms with van der Waals surface area (Å²) in [6.07, 6.45) is 0. The van der Waals surface area contributed by atoms with Gasteiger partial charge in [-0.1, -0.05) is 44.2 Å². The van der Waals surface area contributed by atoms with E-state index in [2.05, 4.69) is 36.2 Å². The summed E-state index contributed by atoms with van der Waals surface area (Å²) in [5.41, 5.74) is 0.779. The molecule has 1 aromatic rings. The lowest BCUT2D eigenvalue weighted by Crippen LogP contribution is -2.46. The predicted octanol–water partition coefficient (Wildman–Crippen LogP) is 1.83. The van der Waals surface area contributed by atoms with E-state index in [-0.39, 0.29) is 12.1 Å². The monoisotopic (exact) mass is 250 g/mol. The fraction of sp³-hybridized carbons (Fsp3) is 0.600. The first-order valence-corrected chi connectivity index (χ1v) is 6.80. The number of aliphatic hydroxyl groups excluding tert-OH is 1. The van der Waals surface area contributed by atoms with Gasteiger partial charge in [0.25, 0.3) is 0 Å². The minimum absolute atomic E-state index is 0.106. The molecule has 0 aromatic heterocycles. The number of aliphatic hydroxyl groups is 1.